The number of amides is 1. The molecule has 4 heteroatoms. The van der Waals surface area contributed by atoms with Crippen LogP contribution in [0.15, 0.2) is 24.3 Å². The van der Waals surface area contributed by atoms with Gasteiger partial charge in [-0.25, -0.2) is 0 Å². The van der Waals surface area contributed by atoms with Crippen molar-refractivity contribution in [1.82, 2.24) is 5.32 Å². The van der Waals surface area contributed by atoms with Gasteiger partial charge >= 0.3 is 0 Å². The molecule has 1 N–H and O–H groups in total. The molecule has 0 aliphatic rings. The van der Waals surface area contributed by atoms with E-state index in [9.17, 15) is 4.79 Å². The molecule has 0 saturated carbocycles. The number of nitrogens with zero attached hydrogens (tertiary/aromatic N) is 1. The van der Waals surface area contributed by atoms with Crippen molar-refractivity contribution in [1.29, 1.82) is 0 Å². The van der Waals surface area contributed by atoms with E-state index in [2.05, 4.69) is 5.32 Å². The second kappa shape index (κ2) is 5.61. The fraction of sp³-hybridized carbons (Fsp3) is 0.364. The second-order valence-electron chi connectivity index (χ2n) is 3.39. The first-order valence-corrected chi connectivity index (χ1v) is 5.30. The van der Waals surface area contributed by atoms with Gasteiger partial charge in [-0.1, -0.05) is 0 Å². The molecule has 1 rings (SSSR count). The van der Waals surface area contributed by atoms with Crippen LogP contribution < -0.4 is 10.2 Å². The minimum absolute atomic E-state index is 0.0824. The van der Waals surface area contributed by atoms with Gasteiger partial charge < -0.3 is 10.2 Å². The van der Waals surface area contributed by atoms with Gasteiger partial charge in [-0.3, -0.25) is 4.79 Å². The van der Waals surface area contributed by atoms with Gasteiger partial charge in [0.15, 0.2) is 0 Å². The minimum Gasteiger partial charge on any atom is -0.378 e. The minimum atomic E-state index is -0.0824. The van der Waals surface area contributed by atoms with Gasteiger partial charge in [-0.05, 0) is 24.3 Å². The Hall–Kier alpha value is -1.22. The average molecular weight is 227 g/mol. The third-order valence-electron chi connectivity index (χ3n) is 2.03. The number of anilines is 1. The predicted molar refractivity (Wildman–Crippen MR) is 63.8 cm³/mol. The van der Waals surface area contributed by atoms with Crippen molar-refractivity contribution in [2.24, 2.45) is 0 Å². The summed E-state index contributed by atoms with van der Waals surface area (Å²) in [5, 5.41) is 2.71. The summed E-state index contributed by atoms with van der Waals surface area (Å²) < 4.78 is 0. The normalized spacial score (nSPS) is 9.80. The van der Waals surface area contributed by atoms with Crippen LogP contribution in [0.2, 0.25) is 0 Å². The smallest absolute Gasteiger partial charge is 0.251 e. The number of hydrogen-bond acceptors (Lipinski definition) is 2. The summed E-state index contributed by atoms with van der Waals surface area (Å²) in [6.07, 6.45) is 0. The van der Waals surface area contributed by atoms with Crippen molar-refractivity contribution < 1.29 is 4.79 Å². The van der Waals surface area contributed by atoms with Gasteiger partial charge in [-0.2, -0.15) is 0 Å². The molecule has 1 aromatic rings. The summed E-state index contributed by atoms with van der Waals surface area (Å²) in [4.78, 5) is 13.5. The molecule has 0 aromatic heterocycles. The predicted octanol–water partition coefficient (Wildman–Crippen LogP) is 1.72. The maximum Gasteiger partial charge on any atom is 0.251 e. The highest BCUT2D eigenvalue weighted by Crippen LogP contribution is 2.11. The molecule has 0 radical (unpaired) electrons. The van der Waals surface area contributed by atoms with Crippen LogP contribution in [0, 0.1) is 0 Å². The van der Waals surface area contributed by atoms with E-state index in [4.69, 9.17) is 11.6 Å². The third kappa shape index (κ3) is 3.44. The van der Waals surface area contributed by atoms with E-state index < -0.39 is 0 Å². The van der Waals surface area contributed by atoms with Gasteiger partial charge in [-0.15, -0.1) is 11.6 Å². The molecule has 0 spiro atoms. The lowest BCUT2D eigenvalue weighted by atomic mass is 10.2. The number of benzene rings is 1. The Bertz CT molecular complexity index is 322. The van der Waals surface area contributed by atoms with Crippen molar-refractivity contribution in [3.8, 4) is 0 Å². The van der Waals surface area contributed by atoms with Crippen LogP contribution >= 0.6 is 11.6 Å². The number of halogens is 1. The Morgan fingerprint density at radius 1 is 1.33 bits per heavy atom. The maximum atomic E-state index is 11.5. The van der Waals surface area contributed by atoms with Crippen molar-refractivity contribution >= 4 is 23.2 Å². The largest absolute Gasteiger partial charge is 0.378 e. The molecule has 0 atom stereocenters. The molecule has 3 nitrogen and oxygen atoms in total. The zero-order chi connectivity index (χ0) is 11.3. The fourth-order valence-corrected chi connectivity index (χ4v) is 1.27. The van der Waals surface area contributed by atoms with Gasteiger partial charge in [0.2, 0.25) is 0 Å². The van der Waals surface area contributed by atoms with Crippen LogP contribution in [0.4, 0.5) is 5.69 Å². The number of rotatable bonds is 4. The zero-order valence-electron chi connectivity index (χ0n) is 8.96. The van der Waals surface area contributed by atoms with E-state index in [1.54, 1.807) is 12.1 Å². The fourth-order valence-electron chi connectivity index (χ4n) is 1.17. The molecule has 0 fully saturated rings. The molecule has 15 heavy (non-hydrogen) atoms. The average Bonchev–Trinajstić information content (AvgIpc) is 2.26. The molecule has 0 bridgehead atoms. The van der Waals surface area contributed by atoms with Crippen molar-refractivity contribution in [3.63, 3.8) is 0 Å². The summed E-state index contributed by atoms with van der Waals surface area (Å²) >= 11 is 5.48. The molecule has 0 unspecified atom stereocenters. The Morgan fingerprint density at radius 2 is 1.93 bits per heavy atom. The monoisotopic (exact) mass is 226 g/mol. The summed E-state index contributed by atoms with van der Waals surface area (Å²) in [6, 6.07) is 7.43. The second-order valence-corrected chi connectivity index (χ2v) is 3.76. The maximum absolute atomic E-state index is 11.5. The summed E-state index contributed by atoms with van der Waals surface area (Å²) in [5.41, 5.74) is 1.73. The summed E-state index contributed by atoms with van der Waals surface area (Å²) in [6.45, 7) is 0.496. The van der Waals surface area contributed by atoms with E-state index in [1.807, 2.05) is 31.1 Å². The van der Waals surface area contributed by atoms with Crippen LogP contribution in [0.5, 0.6) is 0 Å². The Morgan fingerprint density at radius 3 is 2.40 bits per heavy atom. The summed E-state index contributed by atoms with van der Waals surface area (Å²) in [7, 11) is 3.92. The SMILES string of the molecule is CN(C)c1ccc(C(=O)NCCCl)cc1. The van der Waals surface area contributed by atoms with Gasteiger partial charge in [0.05, 0.1) is 0 Å². The van der Waals surface area contributed by atoms with E-state index in [-0.39, 0.29) is 5.91 Å². The van der Waals surface area contributed by atoms with E-state index >= 15 is 0 Å². The number of nitrogens with one attached hydrogen (secondary N) is 1. The standard InChI is InChI=1S/C11H15ClN2O/c1-14(2)10-5-3-9(4-6-10)11(15)13-8-7-12/h3-6H,7-8H2,1-2H3,(H,13,15). The van der Waals surface area contributed by atoms with Crippen LogP contribution in [0.3, 0.4) is 0 Å². The number of carbonyl (C=O) groups is 1. The molecule has 0 heterocycles. The van der Waals surface area contributed by atoms with Crippen molar-refractivity contribution in [2.75, 3.05) is 31.4 Å². The third-order valence-corrected chi connectivity index (χ3v) is 2.21. The molecule has 82 valence electrons. The Balaban J connectivity index is 2.67. The van der Waals surface area contributed by atoms with Gasteiger partial charge in [0.25, 0.3) is 5.91 Å². The lowest BCUT2D eigenvalue weighted by Gasteiger charge is -2.12. The van der Waals surface area contributed by atoms with Gasteiger partial charge in [0, 0.05) is 37.8 Å². The zero-order valence-corrected chi connectivity index (χ0v) is 9.71. The topological polar surface area (TPSA) is 32.3 Å². The number of carbonyl (C=O) groups excluding carboxylic acids is 1. The van der Waals surface area contributed by atoms with Crippen LogP contribution in [-0.4, -0.2) is 32.4 Å². The molecule has 0 aliphatic carbocycles. The van der Waals surface area contributed by atoms with Crippen LogP contribution in [0.1, 0.15) is 10.4 Å². The molecular formula is C11H15ClN2O. The molecule has 0 saturated heterocycles. The lowest BCUT2D eigenvalue weighted by molar-refractivity contribution is 0.0956. The van der Waals surface area contributed by atoms with Crippen LogP contribution in [0.25, 0.3) is 0 Å². The van der Waals surface area contributed by atoms with Gasteiger partial charge in [0.1, 0.15) is 0 Å². The Kier molecular flexibility index (Phi) is 4.43. The van der Waals surface area contributed by atoms with E-state index in [1.165, 1.54) is 0 Å². The molecule has 1 aromatic carbocycles. The van der Waals surface area contributed by atoms with Crippen LogP contribution in [-0.2, 0) is 0 Å². The van der Waals surface area contributed by atoms with Crippen molar-refractivity contribution in [2.45, 2.75) is 0 Å². The van der Waals surface area contributed by atoms with E-state index in [0.717, 1.165) is 5.69 Å². The highest BCUT2D eigenvalue weighted by molar-refractivity contribution is 6.18. The van der Waals surface area contributed by atoms with E-state index in [0.29, 0.717) is 18.0 Å². The summed E-state index contributed by atoms with van der Waals surface area (Å²) in [5.74, 6) is 0.350. The number of alkyl halides is 1. The molecular weight excluding hydrogens is 212 g/mol. The Labute approximate surface area is 95.0 Å². The first-order chi connectivity index (χ1) is 7.15. The first-order valence-electron chi connectivity index (χ1n) is 4.76. The highest BCUT2D eigenvalue weighted by Gasteiger charge is 2.04. The quantitative estimate of drug-likeness (QED) is 0.793. The first kappa shape index (κ1) is 11.9. The number of hydrogen-bond donors (Lipinski definition) is 1. The molecule has 1 amide bonds. The lowest BCUT2D eigenvalue weighted by Crippen LogP contribution is -2.25. The molecule has 0 aliphatic heterocycles. The van der Waals surface area contributed by atoms with Crippen molar-refractivity contribution in [3.05, 3.63) is 29.8 Å². The highest BCUT2D eigenvalue weighted by atomic mass is 35.5.